The predicted molar refractivity (Wildman–Crippen MR) is 54.9 cm³/mol. The van der Waals surface area contributed by atoms with Crippen molar-refractivity contribution in [2.24, 2.45) is 0 Å². The van der Waals surface area contributed by atoms with Crippen LogP contribution in [0.2, 0.25) is 0 Å². The Bertz CT molecular complexity index is 596. The highest BCUT2D eigenvalue weighted by atomic mass is 16.5. The molecule has 1 aromatic carbocycles. The number of carboxylic acid groups (broad SMARTS) is 1. The topological polar surface area (TPSA) is 77.2 Å². The Morgan fingerprint density at radius 2 is 2.25 bits per heavy atom. The van der Waals surface area contributed by atoms with Gasteiger partial charge in [0.05, 0.1) is 29.1 Å². The van der Waals surface area contributed by atoms with Gasteiger partial charge in [-0.1, -0.05) is 0 Å². The van der Waals surface area contributed by atoms with Gasteiger partial charge in [0, 0.05) is 6.07 Å². The molecular formula is C10H9N3O3. The number of aromatic carboxylic acids is 1. The van der Waals surface area contributed by atoms with Crippen molar-refractivity contribution in [1.82, 2.24) is 15.0 Å². The molecule has 0 bridgehead atoms. The van der Waals surface area contributed by atoms with Crippen molar-refractivity contribution in [3.63, 3.8) is 0 Å². The molecule has 0 radical (unpaired) electrons. The second-order valence-corrected chi connectivity index (χ2v) is 2.90. The van der Waals surface area contributed by atoms with E-state index in [4.69, 9.17) is 14.0 Å². The Balaban J connectivity index is 2.48. The monoisotopic (exact) mass is 222 g/mol. The number of hydrogen-bond donors (Lipinski definition) is 1. The number of methoxy groups -OCH3 is 1. The van der Waals surface area contributed by atoms with Gasteiger partial charge in [-0.15, -0.1) is 0 Å². The third-order valence-electron chi connectivity index (χ3n) is 1.95. The van der Waals surface area contributed by atoms with Crippen molar-refractivity contribution in [3.8, 4) is 11.4 Å². The lowest BCUT2D eigenvalue weighted by atomic mass is 10.2. The van der Waals surface area contributed by atoms with Crippen molar-refractivity contribution in [1.29, 1.82) is 0 Å². The molecule has 0 saturated heterocycles. The summed E-state index contributed by atoms with van der Waals surface area (Å²) in [6, 6.07) is 3.76. The van der Waals surface area contributed by atoms with E-state index in [2.05, 4.69) is 10.2 Å². The zero-order valence-electron chi connectivity index (χ0n) is 11.0. The Labute approximate surface area is 95.3 Å². The van der Waals surface area contributed by atoms with Gasteiger partial charge in [0.15, 0.2) is 0 Å². The minimum absolute atomic E-state index is 0.0114. The van der Waals surface area contributed by atoms with Crippen molar-refractivity contribution in [2.75, 3.05) is 7.04 Å². The van der Waals surface area contributed by atoms with E-state index >= 15 is 0 Å². The number of nitrogens with zero attached hydrogens (tertiary/aromatic N) is 3. The Kier molecular flexibility index (Phi) is 1.75. The first-order chi connectivity index (χ1) is 8.87. The molecule has 1 N–H and O–H groups in total. The number of ether oxygens (including phenoxy) is 1. The highest BCUT2D eigenvalue weighted by molar-refractivity contribution is 5.92. The first-order valence-corrected chi connectivity index (χ1v) is 4.30. The Morgan fingerprint density at radius 3 is 2.88 bits per heavy atom. The van der Waals surface area contributed by atoms with Crippen LogP contribution in [0.3, 0.4) is 0 Å². The van der Waals surface area contributed by atoms with Gasteiger partial charge in [-0.05, 0) is 12.1 Å². The van der Waals surface area contributed by atoms with Crippen molar-refractivity contribution < 1.29 is 18.8 Å². The molecule has 1 heterocycles. The average molecular weight is 222 g/mol. The molecule has 16 heavy (non-hydrogen) atoms. The fraction of sp³-hybridized carbons (Fsp3) is 0.100. The minimum atomic E-state index is -2.61. The van der Waals surface area contributed by atoms with Gasteiger partial charge >= 0.3 is 5.97 Å². The van der Waals surface area contributed by atoms with E-state index in [9.17, 15) is 4.79 Å². The van der Waals surface area contributed by atoms with Crippen LogP contribution in [0.1, 0.15) is 14.5 Å². The fourth-order valence-electron chi connectivity index (χ4n) is 1.26. The molecule has 0 fully saturated rings. The molecule has 6 nitrogen and oxygen atoms in total. The van der Waals surface area contributed by atoms with Gasteiger partial charge in [0.25, 0.3) is 0 Å². The van der Waals surface area contributed by atoms with E-state index < -0.39 is 13.0 Å². The summed E-state index contributed by atoms with van der Waals surface area (Å²) in [4.78, 5) is 12.2. The molecule has 82 valence electrons. The maximum absolute atomic E-state index is 11.1. The molecule has 2 rings (SSSR count). The summed E-state index contributed by atoms with van der Waals surface area (Å²) in [5, 5.41) is 16.7. The third kappa shape index (κ3) is 1.72. The van der Waals surface area contributed by atoms with E-state index in [1.165, 1.54) is 30.6 Å². The molecule has 0 aliphatic rings. The summed E-state index contributed by atoms with van der Waals surface area (Å²) in [5.41, 5.74) is 0.0633. The number of aromatic nitrogens is 3. The third-order valence-corrected chi connectivity index (χ3v) is 1.95. The van der Waals surface area contributed by atoms with Crippen LogP contribution < -0.4 is 4.74 Å². The lowest BCUT2D eigenvalue weighted by molar-refractivity contribution is 0.0696. The first-order valence-electron chi connectivity index (χ1n) is 5.80. The zero-order chi connectivity index (χ0) is 14.0. The van der Waals surface area contributed by atoms with Crippen molar-refractivity contribution in [3.05, 3.63) is 36.2 Å². The van der Waals surface area contributed by atoms with E-state index in [0.717, 1.165) is 4.80 Å². The summed E-state index contributed by atoms with van der Waals surface area (Å²) in [7, 11) is -2.61. The normalized spacial score (nSPS) is 13.6. The highest BCUT2D eigenvalue weighted by Crippen LogP contribution is 2.20. The van der Waals surface area contributed by atoms with Crippen LogP contribution in [0.4, 0.5) is 0 Å². The number of hydrogen-bond acceptors (Lipinski definition) is 4. The molecule has 6 heteroatoms. The van der Waals surface area contributed by atoms with Gasteiger partial charge in [0.2, 0.25) is 0 Å². The number of carbonyl (C=O) groups is 1. The van der Waals surface area contributed by atoms with Gasteiger partial charge in [-0.25, -0.2) is 4.79 Å². The highest BCUT2D eigenvalue weighted by Gasteiger charge is 2.13. The predicted octanol–water partition coefficient (Wildman–Crippen LogP) is 0.974. The van der Waals surface area contributed by atoms with Gasteiger partial charge in [-0.2, -0.15) is 15.0 Å². The standard InChI is InChI=1S/C10H9N3O3/c1-16-7-2-3-8(10(14)15)9(6-7)13-11-4-5-12-13/h2-6H,1H3,(H,14,15)/i1D3. The lowest BCUT2D eigenvalue weighted by Crippen LogP contribution is -2.08. The molecule has 0 aliphatic carbocycles. The number of benzene rings is 1. The summed E-state index contributed by atoms with van der Waals surface area (Å²) in [5.74, 6) is -1.16. The summed E-state index contributed by atoms with van der Waals surface area (Å²) in [6.07, 6.45) is 2.76. The maximum Gasteiger partial charge on any atom is 0.337 e. The molecule has 0 spiro atoms. The molecular weight excluding hydrogens is 210 g/mol. The molecule has 0 saturated carbocycles. The smallest absolute Gasteiger partial charge is 0.337 e. The molecule has 0 unspecified atom stereocenters. The van der Waals surface area contributed by atoms with Crippen LogP contribution in [0.15, 0.2) is 30.6 Å². The first kappa shape index (κ1) is 7.00. The van der Waals surface area contributed by atoms with Gasteiger partial charge in [0.1, 0.15) is 11.4 Å². The van der Waals surface area contributed by atoms with E-state index in [1.54, 1.807) is 0 Å². The molecule has 0 amide bonds. The second-order valence-electron chi connectivity index (χ2n) is 2.90. The summed E-state index contributed by atoms with van der Waals surface area (Å²) in [6.45, 7) is 0. The van der Waals surface area contributed by atoms with Crippen LogP contribution in [0.5, 0.6) is 5.75 Å². The van der Waals surface area contributed by atoms with Crippen molar-refractivity contribution in [2.45, 2.75) is 0 Å². The van der Waals surface area contributed by atoms with Crippen LogP contribution in [-0.2, 0) is 0 Å². The summed E-state index contributed by atoms with van der Waals surface area (Å²) >= 11 is 0. The van der Waals surface area contributed by atoms with Crippen LogP contribution in [0, 0.1) is 0 Å². The zero-order valence-corrected chi connectivity index (χ0v) is 7.99. The van der Waals surface area contributed by atoms with Gasteiger partial charge < -0.3 is 9.84 Å². The minimum Gasteiger partial charge on any atom is -0.497 e. The largest absolute Gasteiger partial charge is 0.497 e. The number of rotatable bonds is 3. The quantitative estimate of drug-likeness (QED) is 0.837. The number of carboxylic acids is 1. The van der Waals surface area contributed by atoms with E-state index in [0.29, 0.717) is 0 Å². The Hall–Kier alpha value is -2.37. The molecule has 2 aromatic rings. The van der Waals surface area contributed by atoms with Crippen LogP contribution in [-0.4, -0.2) is 33.1 Å². The summed E-state index contributed by atoms with van der Waals surface area (Å²) < 4.78 is 25.7. The Morgan fingerprint density at radius 1 is 1.50 bits per heavy atom. The lowest BCUT2D eigenvalue weighted by Gasteiger charge is -2.06. The van der Waals surface area contributed by atoms with Crippen LogP contribution >= 0.6 is 0 Å². The molecule has 1 aromatic heterocycles. The van der Waals surface area contributed by atoms with Crippen molar-refractivity contribution >= 4 is 5.97 Å². The van der Waals surface area contributed by atoms with Crippen LogP contribution in [0.25, 0.3) is 5.69 Å². The van der Waals surface area contributed by atoms with E-state index in [1.807, 2.05) is 0 Å². The molecule has 0 aliphatic heterocycles. The second kappa shape index (κ2) is 4.01. The molecule has 0 atom stereocenters. The van der Waals surface area contributed by atoms with E-state index in [-0.39, 0.29) is 17.0 Å². The SMILES string of the molecule is [2H]C([2H])([2H])Oc1ccc(C(=O)O)c(-n2nccn2)c1. The fourth-order valence-corrected chi connectivity index (χ4v) is 1.26. The maximum atomic E-state index is 11.1. The average Bonchev–Trinajstić information content (AvgIpc) is 2.79. The van der Waals surface area contributed by atoms with Gasteiger partial charge in [-0.3, -0.25) is 0 Å².